The Morgan fingerprint density at radius 2 is 1.95 bits per heavy atom. The number of nitrogens with zero attached hydrogens (tertiary/aromatic N) is 2. The van der Waals surface area contributed by atoms with Crippen molar-refractivity contribution in [1.82, 2.24) is 0 Å². The molecule has 0 aliphatic heterocycles. The van der Waals surface area contributed by atoms with E-state index in [0.717, 1.165) is 22.9 Å². The van der Waals surface area contributed by atoms with Crippen LogP contribution in [0.25, 0.3) is 6.08 Å². The van der Waals surface area contributed by atoms with Gasteiger partial charge >= 0.3 is 0 Å². The molecule has 5 heteroatoms. The molecule has 4 nitrogen and oxygen atoms in total. The summed E-state index contributed by atoms with van der Waals surface area (Å²) in [5, 5.41) is 17.8. The standard InChI is InChI=1S/C17H17BrN2O2/c1-2-21-16-8-13(7-12(10-19)11-20)15(18)9-17(16)22-14-5-3-4-6-14/h7-9,14H,2-6H2,1H3. The van der Waals surface area contributed by atoms with Crippen LogP contribution < -0.4 is 9.47 Å². The molecule has 22 heavy (non-hydrogen) atoms. The van der Waals surface area contributed by atoms with Crippen LogP contribution in [0.15, 0.2) is 22.2 Å². The molecule has 2 rings (SSSR count). The molecule has 1 fully saturated rings. The van der Waals surface area contributed by atoms with E-state index >= 15 is 0 Å². The van der Waals surface area contributed by atoms with Gasteiger partial charge in [-0.3, -0.25) is 0 Å². The van der Waals surface area contributed by atoms with Gasteiger partial charge in [-0.05, 0) is 56.4 Å². The van der Waals surface area contributed by atoms with Crippen molar-refractivity contribution < 1.29 is 9.47 Å². The highest BCUT2D eigenvalue weighted by Gasteiger charge is 2.19. The van der Waals surface area contributed by atoms with E-state index in [9.17, 15) is 0 Å². The molecule has 1 aromatic carbocycles. The first kappa shape index (κ1) is 16.4. The van der Waals surface area contributed by atoms with Gasteiger partial charge in [0.05, 0.1) is 12.7 Å². The topological polar surface area (TPSA) is 66.0 Å². The molecule has 0 unspecified atom stereocenters. The Kier molecular flexibility index (Phi) is 5.86. The van der Waals surface area contributed by atoms with Gasteiger partial charge in [0, 0.05) is 4.47 Å². The van der Waals surface area contributed by atoms with Gasteiger partial charge in [0.1, 0.15) is 17.7 Å². The molecule has 0 aromatic heterocycles. The normalized spacial score (nSPS) is 14.0. The Balaban J connectivity index is 2.35. The van der Waals surface area contributed by atoms with Crippen LogP contribution in [0, 0.1) is 22.7 Å². The minimum absolute atomic E-state index is 0.0487. The average molecular weight is 361 g/mol. The van der Waals surface area contributed by atoms with Crippen LogP contribution in [0.3, 0.4) is 0 Å². The number of hydrogen-bond acceptors (Lipinski definition) is 4. The summed E-state index contributed by atoms with van der Waals surface area (Å²) in [6, 6.07) is 7.37. The minimum atomic E-state index is 0.0487. The minimum Gasteiger partial charge on any atom is -0.490 e. The van der Waals surface area contributed by atoms with Gasteiger partial charge in [0.2, 0.25) is 0 Å². The largest absolute Gasteiger partial charge is 0.490 e. The molecule has 0 bridgehead atoms. The SMILES string of the molecule is CCOc1cc(C=C(C#N)C#N)c(Br)cc1OC1CCCC1. The quantitative estimate of drug-likeness (QED) is 0.719. The Morgan fingerprint density at radius 1 is 1.27 bits per heavy atom. The summed E-state index contributed by atoms with van der Waals surface area (Å²) in [6.45, 7) is 2.43. The number of rotatable bonds is 5. The maximum Gasteiger partial charge on any atom is 0.162 e. The lowest BCUT2D eigenvalue weighted by molar-refractivity contribution is 0.196. The molecule has 1 saturated carbocycles. The second kappa shape index (κ2) is 7.87. The van der Waals surface area contributed by atoms with E-state index in [4.69, 9.17) is 20.0 Å². The smallest absolute Gasteiger partial charge is 0.162 e. The Morgan fingerprint density at radius 3 is 2.55 bits per heavy atom. The third-order valence-corrected chi connectivity index (χ3v) is 4.19. The number of benzene rings is 1. The lowest BCUT2D eigenvalue weighted by Crippen LogP contribution is -2.12. The van der Waals surface area contributed by atoms with Crippen molar-refractivity contribution in [3.63, 3.8) is 0 Å². The van der Waals surface area contributed by atoms with Gasteiger partial charge in [0.25, 0.3) is 0 Å². The first-order valence-corrected chi connectivity index (χ1v) is 8.12. The first-order valence-electron chi connectivity index (χ1n) is 7.32. The fourth-order valence-corrected chi connectivity index (χ4v) is 2.89. The maximum atomic E-state index is 8.88. The highest BCUT2D eigenvalue weighted by Crippen LogP contribution is 2.37. The van der Waals surface area contributed by atoms with E-state index in [1.807, 2.05) is 25.1 Å². The van der Waals surface area contributed by atoms with E-state index in [2.05, 4.69) is 15.9 Å². The Hall–Kier alpha value is -1.98. The predicted molar refractivity (Wildman–Crippen MR) is 87.4 cm³/mol. The lowest BCUT2D eigenvalue weighted by Gasteiger charge is -2.18. The molecule has 0 spiro atoms. The van der Waals surface area contributed by atoms with E-state index in [0.29, 0.717) is 18.1 Å². The zero-order valence-electron chi connectivity index (χ0n) is 12.4. The number of ether oxygens (including phenoxy) is 2. The summed E-state index contributed by atoms with van der Waals surface area (Å²) in [5.41, 5.74) is 0.771. The van der Waals surface area contributed by atoms with Gasteiger partial charge < -0.3 is 9.47 Å². The van der Waals surface area contributed by atoms with Crippen molar-refractivity contribution in [3.05, 3.63) is 27.7 Å². The molecule has 0 radical (unpaired) electrons. The molecule has 0 atom stereocenters. The van der Waals surface area contributed by atoms with Crippen LogP contribution in [0.4, 0.5) is 0 Å². The molecule has 0 saturated heterocycles. The monoisotopic (exact) mass is 360 g/mol. The van der Waals surface area contributed by atoms with Crippen LogP contribution in [-0.2, 0) is 0 Å². The van der Waals surface area contributed by atoms with E-state index in [-0.39, 0.29) is 11.7 Å². The zero-order chi connectivity index (χ0) is 15.9. The van der Waals surface area contributed by atoms with Crippen molar-refractivity contribution >= 4 is 22.0 Å². The van der Waals surface area contributed by atoms with Crippen LogP contribution in [0.1, 0.15) is 38.2 Å². The van der Waals surface area contributed by atoms with Crippen LogP contribution in [0.5, 0.6) is 11.5 Å². The molecule has 0 heterocycles. The average Bonchev–Trinajstić information content (AvgIpc) is 3.02. The highest BCUT2D eigenvalue weighted by atomic mass is 79.9. The van der Waals surface area contributed by atoms with Crippen molar-refractivity contribution in [2.24, 2.45) is 0 Å². The van der Waals surface area contributed by atoms with Gasteiger partial charge in [-0.25, -0.2) is 0 Å². The molecule has 1 aliphatic carbocycles. The third kappa shape index (κ3) is 4.02. The summed E-state index contributed by atoms with van der Waals surface area (Å²) in [5.74, 6) is 1.34. The second-order valence-corrected chi connectivity index (χ2v) is 5.91. The zero-order valence-corrected chi connectivity index (χ0v) is 14.0. The third-order valence-electron chi connectivity index (χ3n) is 3.50. The summed E-state index contributed by atoms with van der Waals surface area (Å²) in [6.07, 6.45) is 6.30. The molecular formula is C17H17BrN2O2. The van der Waals surface area contributed by atoms with Crippen molar-refractivity contribution in [1.29, 1.82) is 10.5 Å². The molecule has 0 amide bonds. The van der Waals surface area contributed by atoms with Crippen molar-refractivity contribution in [3.8, 4) is 23.6 Å². The number of halogens is 1. The van der Waals surface area contributed by atoms with Gasteiger partial charge in [-0.2, -0.15) is 10.5 Å². The molecule has 1 aromatic rings. The molecule has 114 valence electrons. The van der Waals surface area contributed by atoms with Gasteiger partial charge in [-0.15, -0.1) is 0 Å². The Labute approximate surface area is 139 Å². The van der Waals surface area contributed by atoms with E-state index < -0.39 is 0 Å². The van der Waals surface area contributed by atoms with E-state index in [1.54, 1.807) is 6.07 Å². The van der Waals surface area contributed by atoms with Crippen LogP contribution in [0.2, 0.25) is 0 Å². The lowest BCUT2D eigenvalue weighted by atomic mass is 10.1. The van der Waals surface area contributed by atoms with Gasteiger partial charge in [0.15, 0.2) is 11.5 Å². The van der Waals surface area contributed by atoms with Crippen molar-refractivity contribution in [2.75, 3.05) is 6.61 Å². The fraction of sp³-hybridized carbons (Fsp3) is 0.412. The summed E-state index contributed by atoms with van der Waals surface area (Å²) < 4.78 is 12.5. The highest BCUT2D eigenvalue weighted by molar-refractivity contribution is 9.10. The van der Waals surface area contributed by atoms with Gasteiger partial charge in [-0.1, -0.05) is 15.9 Å². The van der Waals surface area contributed by atoms with E-state index in [1.165, 1.54) is 18.9 Å². The van der Waals surface area contributed by atoms with Crippen molar-refractivity contribution in [2.45, 2.75) is 38.7 Å². The number of nitriles is 2. The Bertz CT molecular complexity index is 634. The second-order valence-electron chi connectivity index (χ2n) is 5.06. The van der Waals surface area contributed by atoms with Crippen LogP contribution in [-0.4, -0.2) is 12.7 Å². The maximum absolute atomic E-state index is 8.88. The predicted octanol–water partition coefficient (Wildman–Crippen LogP) is 4.60. The number of hydrogen-bond donors (Lipinski definition) is 0. The summed E-state index contributed by atoms with van der Waals surface area (Å²) in [4.78, 5) is 0. The van der Waals surface area contributed by atoms with Crippen LogP contribution >= 0.6 is 15.9 Å². The summed E-state index contributed by atoms with van der Waals surface area (Å²) in [7, 11) is 0. The first-order chi connectivity index (χ1) is 10.7. The molecular weight excluding hydrogens is 344 g/mol. The molecule has 1 aliphatic rings. The number of allylic oxidation sites excluding steroid dienone is 1. The molecule has 0 N–H and O–H groups in total. The fourth-order valence-electron chi connectivity index (χ4n) is 2.45. The summed E-state index contributed by atoms with van der Waals surface area (Å²) >= 11 is 3.47.